The Bertz CT molecular complexity index is 485. The second-order valence-electron chi connectivity index (χ2n) is 3.44. The summed E-state index contributed by atoms with van der Waals surface area (Å²) in [7, 11) is 0. The van der Waals surface area contributed by atoms with Crippen LogP contribution in [0.2, 0.25) is 0 Å². The minimum Gasteiger partial charge on any atom is -0.375 e. The van der Waals surface area contributed by atoms with Gasteiger partial charge < -0.3 is 5.73 Å². The first kappa shape index (κ1) is 10.9. The van der Waals surface area contributed by atoms with E-state index in [1.807, 2.05) is 0 Å². The van der Waals surface area contributed by atoms with Crippen molar-refractivity contribution in [2.24, 2.45) is 0 Å². The Kier molecular flexibility index (Phi) is 2.97. The van der Waals surface area contributed by atoms with E-state index in [9.17, 15) is 0 Å². The van der Waals surface area contributed by atoms with Gasteiger partial charge in [-0.05, 0) is 47.6 Å². The molecular formula is C11H11IN2S. The van der Waals surface area contributed by atoms with Gasteiger partial charge in [-0.15, -0.1) is 0 Å². The molecule has 0 bridgehead atoms. The van der Waals surface area contributed by atoms with Crippen LogP contribution in [0.5, 0.6) is 0 Å². The smallest absolute Gasteiger partial charge is 0.181 e. The van der Waals surface area contributed by atoms with Gasteiger partial charge in [0, 0.05) is 5.56 Å². The second-order valence-corrected chi connectivity index (χ2v) is 6.28. The highest BCUT2D eigenvalue weighted by molar-refractivity contribution is 14.1. The third-order valence-corrected chi connectivity index (χ3v) is 4.16. The fraction of sp³-hybridized carbons (Fsp3) is 0.182. The SMILES string of the molecule is Cc1cccc(C)c1-c1nc(N)sc1I. The number of nitrogens with zero attached hydrogens (tertiary/aromatic N) is 1. The molecular weight excluding hydrogens is 319 g/mol. The molecule has 0 atom stereocenters. The molecule has 1 heterocycles. The Morgan fingerprint density at radius 3 is 2.33 bits per heavy atom. The number of thiazole rings is 1. The molecule has 0 fully saturated rings. The molecule has 1 aromatic heterocycles. The number of nitrogens with two attached hydrogens (primary N) is 1. The van der Waals surface area contributed by atoms with E-state index in [0.29, 0.717) is 5.13 Å². The summed E-state index contributed by atoms with van der Waals surface area (Å²) in [6.45, 7) is 4.21. The summed E-state index contributed by atoms with van der Waals surface area (Å²) in [5.74, 6) is 0. The molecule has 4 heteroatoms. The van der Waals surface area contributed by atoms with Crippen LogP contribution in [0.25, 0.3) is 11.3 Å². The molecule has 2 nitrogen and oxygen atoms in total. The highest BCUT2D eigenvalue weighted by Crippen LogP contribution is 2.34. The summed E-state index contributed by atoms with van der Waals surface area (Å²) >= 11 is 3.83. The van der Waals surface area contributed by atoms with Crippen molar-refractivity contribution in [1.82, 2.24) is 4.98 Å². The molecule has 0 amide bonds. The normalized spacial score (nSPS) is 10.6. The van der Waals surface area contributed by atoms with E-state index in [0.717, 1.165) is 8.58 Å². The quantitative estimate of drug-likeness (QED) is 0.811. The van der Waals surface area contributed by atoms with E-state index in [1.54, 1.807) is 0 Å². The van der Waals surface area contributed by atoms with E-state index in [1.165, 1.54) is 28.0 Å². The Balaban J connectivity index is 2.68. The average molecular weight is 330 g/mol. The van der Waals surface area contributed by atoms with Crippen molar-refractivity contribution >= 4 is 39.1 Å². The lowest BCUT2D eigenvalue weighted by atomic mass is 10.0. The number of hydrogen-bond donors (Lipinski definition) is 1. The molecule has 0 aliphatic heterocycles. The molecule has 0 unspecified atom stereocenters. The fourth-order valence-electron chi connectivity index (χ4n) is 1.66. The summed E-state index contributed by atoms with van der Waals surface area (Å²) in [6.07, 6.45) is 0. The summed E-state index contributed by atoms with van der Waals surface area (Å²) < 4.78 is 1.16. The molecule has 0 aliphatic rings. The number of hydrogen-bond acceptors (Lipinski definition) is 3. The first-order valence-electron chi connectivity index (χ1n) is 4.58. The van der Waals surface area contributed by atoms with Gasteiger partial charge in [-0.3, -0.25) is 0 Å². The molecule has 15 heavy (non-hydrogen) atoms. The third kappa shape index (κ3) is 2.01. The number of aromatic nitrogens is 1. The molecule has 0 saturated carbocycles. The Hall–Kier alpha value is -0.620. The summed E-state index contributed by atoms with van der Waals surface area (Å²) in [5.41, 5.74) is 10.5. The predicted octanol–water partition coefficient (Wildman–Crippen LogP) is 3.61. The standard InChI is InChI=1S/C11H11IN2S/c1-6-4-3-5-7(2)8(6)9-10(12)15-11(13)14-9/h3-5H,1-2H3,(H2,13,14). The lowest BCUT2D eigenvalue weighted by Crippen LogP contribution is -1.90. The van der Waals surface area contributed by atoms with Gasteiger partial charge in [0.1, 0.15) is 0 Å². The van der Waals surface area contributed by atoms with Crippen molar-refractivity contribution in [3.63, 3.8) is 0 Å². The van der Waals surface area contributed by atoms with Crippen LogP contribution < -0.4 is 5.73 Å². The molecule has 2 rings (SSSR count). The number of rotatable bonds is 1. The summed E-state index contributed by atoms with van der Waals surface area (Å²) in [5, 5.41) is 0.636. The van der Waals surface area contributed by atoms with Crippen LogP contribution in [0.4, 0.5) is 5.13 Å². The predicted molar refractivity (Wildman–Crippen MR) is 74.2 cm³/mol. The number of benzene rings is 1. The van der Waals surface area contributed by atoms with Crippen molar-refractivity contribution < 1.29 is 0 Å². The van der Waals surface area contributed by atoms with Crippen LogP contribution in [0.15, 0.2) is 18.2 Å². The maximum Gasteiger partial charge on any atom is 0.181 e. The van der Waals surface area contributed by atoms with Crippen molar-refractivity contribution in [3.8, 4) is 11.3 Å². The van der Waals surface area contributed by atoms with Crippen molar-refractivity contribution in [3.05, 3.63) is 32.2 Å². The zero-order valence-electron chi connectivity index (χ0n) is 8.54. The van der Waals surface area contributed by atoms with E-state index in [4.69, 9.17) is 5.73 Å². The number of nitrogen functional groups attached to an aromatic ring is 1. The van der Waals surface area contributed by atoms with Crippen molar-refractivity contribution in [2.75, 3.05) is 5.73 Å². The number of anilines is 1. The van der Waals surface area contributed by atoms with Crippen molar-refractivity contribution in [2.45, 2.75) is 13.8 Å². The number of halogens is 1. The van der Waals surface area contributed by atoms with Gasteiger partial charge in [0.25, 0.3) is 0 Å². The third-order valence-electron chi connectivity index (χ3n) is 2.32. The van der Waals surface area contributed by atoms with Gasteiger partial charge in [0.15, 0.2) is 5.13 Å². The van der Waals surface area contributed by atoms with Gasteiger partial charge in [0.2, 0.25) is 0 Å². The Morgan fingerprint density at radius 1 is 1.27 bits per heavy atom. The molecule has 2 aromatic rings. The minimum absolute atomic E-state index is 0.636. The lowest BCUT2D eigenvalue weighted by Gasteiger charge is -2.06. The second kappa shape index (κ2) is 4.09. The average Bonchev–Trinajstić information content (AvgIpc) is 2.45. The van der Waals surface area contributed by atoms with E-state index in [2.05, 4.69) is 59.6 Å². The topological polar surface area (TPSA) is 38.9 Å². The minimum atomic E-state index is 0.636. The highest BCUT2D eigenvalue weighted by atomic mass is 127. The monoisotopic (exact) mass is 330 g/mol. The van der Waals surface area contributed by atoms with Crippen LogP contribution in [0, 0.1) is 16.7 Å². The zero-order chi connectivity index (χ0) is 11.0. The highest BCUT2D eigenvalue weighted by Gasteiger charge is 2.13. The first-order valence-corrected chi connectivity index (χ1v) is 6.47. The maximum absolute atomic E-state index is 5.72. The molecule has 0 saturated heterocycles. The van der Waals surface area contributed by atoms with E-state index < -0.39 is 0 Å². The molecule has 1 aromatic carbocycles. The van der Waals surface area contributed by atoms with Crippen LogP contribution in [0.3, 0.4) is 0 Å². The van der Waals surface area contributed by atoms with Crippen LogP contribution in [0.1, 0.15) is 11.1 Å². The van der Waals surface area contributed by atoms with Gasteiger partial charge in [-0.1, -0.05) is 29.5 Å². The van der Waals surface area contributed by atoms with Crippen LogP contribution in [-0.2, 0) is 0 Å². The first-order chi connectivity index (χ1) is 7.09. The summed E-state index contributed by atoms with van der Waals surface area (Å²) in [4.78, 5) is 4.39. The summed E-state index contributed by atoms with van der Waals surface area (Å²) in [6, 6.07) is 6.28. The Morgan fingerprint density at radius 2 is 1.87 bits per heavy atom. The fourth-order valence-corrected chi connectivity index (χ4v) is 3.29. The van der Waals surface area contributed by atoms with Crippen LogP contribution >= 0.6 is 33.9 Å². The lowest BCUT2D eigenvalue weighted by molar-refractivity contribution is 1.32. The number of aryl methyl sites for hydroxylation is 2. The zero-order valence-corrected chi connectivity index (χ0v) is 11.5. The van der Waals surface area contributed by atoms with Gasteiger partial charge in [-0.25, -0.2) is 4.98 Å². The molecule has 78 valence electrons. The van der Waals surface area contributed by atoms with E-state index >= 15 is 0 Å². The van der Waals surface area contributed by atoms with Gasteiger partial charge in [0.05, 0.1) is 8.58 Å². The van der Waals surface area contributed by atoms with Gasteiger partial charge >= 0.3 is 0 Å². The molecule has 2 N–H and O–H groups in total. The van der Waals surface area contributed by atoms with Crippen molar-refractivity contribution in [1.29, 1.82) is 0 Å². The van der Waals surface area contributed by atoms with E-state index in [-0.39, 0.29) is 0 Å². The molecule has 0 aliphatic carbocycles. The molecule has 0 spiro atoms. The Labute approximate surface area is 107 Å². The van der Waals surface area contributed by atoms with Crippen LogP contribution in [-0.4, -0.2) is 4.98 Å². The maximum atomic E-state index is 5.72. The van der Waals surface area contributed by atoms with Gasteiger partial charge in [-0.2, -0.15) is 0 Å². The largest absolute Gasteiger partial charge is 0.375 e. The molecule has 0 radical (unpaired) electrons.